The number of amides is 1. The van der Waals surface area contributed by atoms with E-state index in [1.165, 1.54) is 0 Å². The molecule has 110 valence electrons. The molecule has 0 radical (unpaired) electrons. The van der Waals surface area contributed by atoms with Crippen molar-refractivity contribution in [2.24, 2.45) is 0 Å². The van der Waals surface area contributed by atoms with E-state index in [9.17, 15) is 4.79 Å². The van der Waals surface area contributed by atoms with Crippen molar-refractivity contribution in [3.63, 3.8) is 0 Å². The van der Waals surface area contributed by atoms with Crippen LogP contribution in [0.4, 0.5) is 5.69 Å². The molecule has 0 saturated carbocycles. The summed E-state index contributed by atoms with van der Waals surface area (Å²) < 4.78 is 6.61. The molecule has 2 aromatic rings. The molecule has 0 atom stereocenters. The van der Waals surface area contributed by atoms with Crippen LogP contribution in [0.5, 0.6) is 5.75 Å². The second kappa shape index (κ2) is 8.94. The fourth-order valence-electron chi connectivity index (χ4n) is 1.65. The molecule has 0 aliphatic carbocycles. The molecule has 1 amide bonds. The fraction of sp³-hybridized carbons (Fsp3) is 0.188. The molecule has 2 rings (SSSR count). The predicted octanol–water partition coefficient (Wildman–Crippen LogP) is 4.04. The van der Waals surface area contributed by atoms with E-state index < -0.39 is 0 Å². The van der Waals surface area contributed by atoms with Crippen LogP contribution in [0, 0.1) is 3.57 Å². The number of benzene rings is 2. The minimum absolute atomic E-state index is 0.0174. The molecule has 0 spiro atoms. The van der Waals surface area contributed by atoms with Crippen LogP contribution < -0.4 is 10.1 Å². The average molecular weight is 413 g/mol. The Bertz CT molecular complexity index is 577. The number of anilines is 1. The highest BCUT2D eigenvalue weighted by Crippen LogP contribution is 2.17. The van der Waals surface area contributed by atoms with Gasteiger partial charge in [0.2, 0.25) is 5.91 Å². The zero-order valence-electron chi connectivity index (χ0n) is 11.4. The monoisotopic (exact) mass is 413 g/mol. The van der Waals surface area contributed by atoms with Crippen LogP contribution in [-0.2, 0) is 4.79 Å². The fourth-order valence-corrected chi connectivity index (χ4v) is 2.77. The van der Waals surface area contributed by atoms with Gasteiger partial charge in [0.15, 0.2) is 0 Å². The van der Waals surface area contributed by atoms with Crippen LogP contribution >= 0.6 is 34.4 Å². The number of carbonyl (C=O) groups is 1. The van der Waals surface area contributed by atoms with Crippen molar-refractivity contribution in [1.82, 2.24) is 0 Å². The van der Waals surface area contributed by atoms with Gasteiger partial charge in [0.1, 0.15) is 5.75 Å². The topological polar surface area (TPSA) is 38.3 Å². The first kappa shape index (κ1) is 16.2. The maximum absolute atomic E-state index is 11.8. The predicted molar refractivity (Wildman–Crippen MR) is 97.1 cm³/mol. The van der Waals surface area contributed by atoms with Gasteiger partial charge in [-0.15, -0.1) is 11.8 Å². The first-order valence-corrected chi connectivity index (χ1v) is 8.79. The molecule has 5 heteroatoms. The van der Waals surface area contributed by atoms with Crippen LogP contribution in [-0.4, -0.2) is 24.0 Å². The SMILES string of the molecule is O=C(CSCCOc1ccccc1)Nc1ccccc1I. The number of thioether (sulfide) groups is 1. The van der Waals surface area contributed by atoms with E-state index in [4.69, 9.17) is 4.74 Å². The zero-order valence-corrected chi connectivity index (χ0v) is 14.4. The number of carbonyl (C=O) groups excluding carboxylic acids is 1. The third kappa shape index (κ3) is 5.97. The molecular formula is C16H16INO2S. The first-order chi connectivity index (χ1) is 10.3. The highest BCUT2D eigenvalue weighted by atomic mass is 127. The lowest BCUT2D eigenvalue weighted by Gasteiger charge is -2.08. The summed E-state index contributed by atoms with van der Waals surface area (Å²) in [6, 6.07) is 17.4. The van der Waals surface area contributed by atoms with Gasteiger partial charge in [-0.25, -0.2) is 0 Å². The van der Waals surface area contributed by atoms with E-state index in [1.54, 1.807) is 11.8 Å². The zero-order chi connectivity index (χ0) is 14.9. The number of halogens is 1. The molecule has 0 saturated heterocycles. The first-order valence-electron chi connectivity index (χ1n) is 6.55. The van der Waals surface area contributed by atoms with E-state index in [0.29, 0.717) is 12.4 Å². The lowest BCUT2D eigenvalue weighted by Crippen LogP contribution is -2.15. The summed E-state index contributed by atoms with van der Waals surface area (Å²) in [5.74, 6) is 2.10. The second-order valence-corrected chi connectivity index (χ2v) is 6.51. The van der Waals surface area contributed by atoms with Gasteiger partial charge in [-0.3, -0.25) is 4.79 Å². The van der Waals surface area contributed by atoms with Gasteiger partial charge in [0.25, 0.3) is 0 Å². The van der Waals surface area contributed by atoms with E-state index in [-0.39, 0.29) is 5.91 Å². The maximum Gasteiger partial charge on any atom is 0.234 e. The van der Waals surface area contributed by atoms with Gasteiger partial charge in [-0.2, -0.15) is 0 Å². The Kier molecular flexibility index (Phi) is 6.88. The van der Waals surface area contributed by atoms with E-state index >= 15 is 0 Å². The standard InChI is InChI=1S/C16H16INO2S/c17-14-8-4-5-9-15(14)18-16(19)12-21-11-10-20-13-6-2-1-3-7-13/h1-9H,10-12H2,(H,18,19). The van der Waals surface area contributed by atoms with Crippen molar-refractivity contribution in [2.45, 2.75) is 0 Å². The lowest BCUT2D eigenvalue weighted by atomic mass is 10.3. The summed E-state index contributed by atoms with van der Waals surface area (Å²) in [5.41, 5.74) is 0.865. The van der Waals surface area contributed by atoms with Gasteiger partial charge >= 0.3 is 0 Å². The number of nitrogens with one attached hydrogen (secondary N) is 1. The van der Waals surface area contributed by atoms with Gasteiger partial charge in [0, 0.05) is 9.32 Å². The number of ether oxygens (including phenoxy) is 1. The van der Waals surface area contributed by atoms with Crippen molar-refractivity contribution in [3.05, 3.63) is 58.2 Å². The summed E-state index contributed by atoms with van der Waals surface area (Å²) in [5, 5.41) is 2.91. The third-order valence-electron chi connectivity index (χ3n) is 2.62. The van der Waals surface area contributed by atoms with Crippen molar-refractivity contribution < 1.29 is 9.53 Å². The molecule has 0 heterocycles. The van der Waals surface area contributed by atoms with Gasteiger partial charge in [-0.1, -0.05) is 30.3 Å². The highest BCUT2D eigenvalue weighted by molar-refractivity contribution is 14.1. The maximum atomic E-state index is 11.8. The smallest absolute Gasteiger partial charge is 0.234 e. The Balaban J connectivity index is 1.63. The summed E-state index contributed by atoms with van der Waals surface area (Å²) >= 11 is 3.78. The van der Waals surface area contributed by atoms with Gasteiger partial charge < -0.3 is 10.1 Å². The third-order valence-corrected chi connectivity index (χ3v) is 4.48. The van der Waals surface area contributed by atoms with Crippen LogP contribution in [0.3, 0.4) is 0 Å². The van der Waals surface area contributed by atoms with Gasteiger partial charge in [0.05, 0.1) is 18.0 Å². The molecular weight excluding hydrogens is 397 g/mol. The molecule has 0 fully saturated rings. The minimum atomic E-state index is 0.0174. The molecule has 3 nitrogen and oxygen atoms in total. The molecule has 0 unspecified atom stereocenters. The minimum Gasteiger partial charge on any atom is -0.493 e. The molecule has 0 aliphatic heterocycles. The highest BCUT2D eigenvalue weighted by Gasteiger charge is 2.04. The van der Waals surface area contributed by atoms with Crippen molar-refractivity contribution in [1.29, 1.82) is 0 Å². The lowest BCUT2D eigenvalue weighted by molar-refractivity contribution is -0.113. The van der Waals surface area contributed by atoms with Crippen molar-refractivity contribution in [3.8, 4) is 5.75 Å². The Hall–Kier alpha value is -1.21. The van der Waals surface area contributed by atoms with Crippen LogP contribution in [0.1, 0.15) is 0 Å². The summed E-state index contributed by atoms with van der Waals surface area (Å²) in [6.45, 7) is 0.602. The van der Waals surface area contributed by atoms with Gasteiger partial charge in [-0.05, 0) is 46.9 Å². The van der Waals surface area contributed by atoms with E-state index in [0.717, 1.165) is 20.8 Å². The number of rotatable bonds is 7. The van der Waals surface area contributed by atoms with E-state index in [2.05, 4.69) is 27.9 Å². The van der Waals surface area contributed by atoms with E-state index in [1.807, 2.05) is 54.6 Å². The Labute approximate surface area is 142 Å². The van der Waals surface area contributed by atoms with Crippen LogP contribution in [0.25, 0.3) is 0 Å². The average Bonchev–Trinajstić information content (AvgIpc) is 2.50. The van der Waals surface area contributed by atoms with Crippen molar-refractivity contribution in [2.75, 3.05) is 23.4 Å². The normalized spacial score (nSPS) is 10.1. The number of hydrogen-bond acceptors (Lipinski definition) is 3. The summed E-state index contributed by atoms with van der Waals surface area (Å²) in [4.78, 5) is 11.8. The largest absolute Gasteiger partial charge is 0.493 e. The Morgan fingerprint density at radius 3 is 2.57 bits per heavy atom. The molecule has 0 bridgehead atoms. The Morgan fingerprint density at radius 1 is 1.10 bits per heavy atom. The van der Waals surface area contributed by atoms with Crippen LogP contribution in [0.15, 0.2) is 54.6 Å². The molecule has 2 aromatic carbocycles. The number of hydrogen-bond donors (Lipinski definition) is 1. The van der Waals surface area contributed by atoms with Crippen LogP contribution in [0.2, 0.25) is 0 Å². The quantitative estimate of drug-likeness (QED) is 0.550. The molecule has 1 N–H and O–H groups in total. The molecule has 21 heavy (non-hydrogen) atoms. The van der Waals surface area contributed by atoms with Crippen molar-refractivity contribution >= 4 is 45.9 Å². The summed E-state index contributed by atoms with van der Waals surface area (Å²) in [7, 11) is 0. The second-order valence-electron chi connectivity index (χ2n) is 4.24. The number of para-hydroxylation sites is 2. The molecule has 0 aromatic heterocycles. The Morgan fingerprint density at radius 2 is 1.81 bits per heavy atom. The molecule has 0 aliphatic rings. The summed E-state index contributed by atoms with van der Waals surface area (Å²) in [6.07, 6.45) is 0.